The van der Waals surface area contributed by atoms with Crippen molar-refractivity contribution < 1.29 is 31.1 Å². The normalized spacial score (nSPS) is 14.8. The standard InChI is InChI=1S/C22H24F6N4O/c1-12(20(33)32-13(2)15-6-4-8-17(10-15)21(23,24)25)19(22(26,27)28)31-14(3)18-16(11-29)7-5-9-30-18/h4-10,13-14,31H,11,29H2,1-3H3,(H,32,33)/b19-12+. The molecule has 0 radical (unpaired) electrons. The van der Waals surface area contributed by atoms with Gasteiger partial charge in [0, 0.05) is 18.3 Å². The van der Waals surface area contributed by atoms with Gasteiger partial charge in [0.25, 0.3) is 0 Å². The number of allylic oxidation sites excluding steroid dienone is 1. The highest BCUT2D eigenvalue weighted by Crippen LogP contribution is 2.32. The molecule has 11 heteroatoms. The number of amides is 1. The molecular formula is C22H24F6N4O. The lowest BCUT2D eigenvalue weighted by Crippen LogP contribution is -2.35. The summed E-state index contributed by atoms with van der Waals surface area (Å²) in [6.07, 6.45) is -8.07. The molecule has 0 saturated heterocycles. The van der Waals surface area contributed by atoms with E-state index in [1.54, 1.807) is 12.1 Å². The number of alkyl halides is 6. The van der Waals surface area contributed by atoms with E-state index in [2.05, 4.69) is 15.6 Å². The van der Waals surface area contributed by atoms with Crippen LogP contribution in [0.3, 0.4) is 0 Å². The second-order valence-electron chi connectivity index (χ2n) is 7.43. The van der Waals surface area contributed by atoms with Crippen molar-refractivity contribution in [2.75, 3.05) is 0 Å². The number of halogens is 6. The molecule has 1 amide bonds. The Morgan fingerprint density at radius 1 is 1.03 bits per heavy atom. The SMILES string of the molecule is C/C(C(=O)NC(C)c1cccc(C(F)(F)F)c1)=C(\NC(C)c1ncccc1CN)C(F)(F)F. The van der Waals surface area contributed by atoms with E-state index in [4.69, 9.17) is 5.73 Å². The summed E-state index contributed by atoms with van der Waals surface area (Å²) in [5.74, 6) is -1.08. The summed E-state index contributed by atoms with van der Waals surface area (Å²) in [6, 6.07) is 5.55. The van der Waals surface area contributed by atoms with Crippen LogP contribution in [0.15, 0.2) is 53.9 Å². The van der Waals surface area contributed by atoms with Crippen molar-refractivity contribution in [3.8, 4) is 0 Å². The Balaban J connectivity index is 2.30. The van der Waals surface area contributed by atoms with Gasteiger partial charge < -0.3 is 16.4 Å². The molecule has 0 bridgehead atoms. The molecule has 5 nitrogen and oxygen atoms in total. The van der Waals surface area contributed by atoms with Crippen molar-refractivity contribution in [2.45, 2.75) is 51.8 Å². The maximum Gasteiger partial charge on any atom is 0.431 e. The Morgan fingerprint density at radius 2 is 1.70 bits per heavy atom. The zero-order valence-corrected chi connectivity index (χ0v) is 18.1. The zero-order chi connectivity index (χ0) is 25.0. The first-order valence-electron chi connectivity index (χ1n) is 9.92. The smallest absolute Gasteiger partial charge is 0.373 e. The molecule has 0 aliphatic carbocycles. The topological polar surface area (TPSA) is 80.0 Å². The molecule has 2 unspecified atom stereocenters. The lowest BCUT2D eigenvalue weighted by atomic mass is 10.0. The van der Waals surface area contributed by atoms with Gasteiger partial charge in [0.15, 0.2) is 0 Å². The fourth-order valence-electron chi connectivity index (χ4n) is 3.19. The lowest BCUT2D eigenvalue weighted by Gasteiger charge is -2.24. The average Bonchev–Trinajstić information content (AvgIpc) is 2.75. The highest BCUT2D eigenvalue weighted by molar-refractivity contribution is 5.94. The van der Waals surface area contributed by atoms with Gasteiger partial charge in [-0.05, 0) is 50.1 Å². The number of nitrogens with zero attached hydrogens (tertiary/aromatic N) is 1. The second-order valence-corrected chi connectivity index (χ2v) is 7.43. The predicted molar refractivity (Wildman–Crippen MR) is 110 cm³/mol. The number of hydrogen-bond acceptors (Lipinski definition) is 4. The number of benzene rings is 1. The Bertz CT molecular complexity index is 1020. The van der Waals surface area contributed by atoms with Gasteiger partial charge in [-0.15, -0.1) is 0 Å². The van der Waals surface area contributed by atoms with Gasteiger partial charge in [-0.1, -0.05) is 18.2 Å². The van der Waals surface area contributed by atoms with Crippen LogP contribution in [-0.2, 0) is 17.5 Å². The van der Waals surface area contributed by atoms with Gasteiger partial charge in [0.1, 0.15) is 5.70 Å². The minimum absolute atomic E-state index is 0.0637. The zero-order valence-electron chi connectivity index (χ0n) is 18.1. The van der Waals surface area contributed by atoms with E-state index in [1.807, 2.05) is 0 Å². The van der Waals surface area contributed by atoms with Crippen LogP contribution in [0.4, 0.5) is 26.3 Å². The summed E-state index contributed by atoms with van der Waals surface area (Å²) in [5.41, 5.74) is 3.69. The minimum Gasteiger partial charge on any atom is -0.373 e. The first-order chi connectivity index (χ1) is 15.3. The molecular weight excluding hydrogens is 450 g/mol. The minimum atomic E-state index is -4.90. The number of pyridine rings is 1. The third-order valence-corrected chi connectivity index (χ3v) is 4.98. The van der Waals surface area contributed by atoms with E-state index < -0.39 is 47.2 Å². The quantitative estimate of drug-likeness (QED) is 0.393. The van der Waals surface area contributed by atoms with Gasteiger partial charge in [0.05, 0.1) is 23.3 Å². The Kier molecular flexibility index (Phi) is 8.12. The van der Waals surface area contributed by atoms with Gasteiger partial charge in [0.2, 0.25) is 5.91 Å². The first kappa shape index (κ1) is 26.2. The number of carbonyl (C=O) groups excluding carboxylic acids is 1. The molecule has 2 aromatic rings. The van der Waals surface area contributed by atoms with Crippen LogP contribution < -0.4 is 16.4 Å². The molecule has 0 spiro atoms. The Hall–Kier alpha value is -3.08. The summed E-state index contributed by atoms with van der Waals surface area (Å²) in [7, 11) is 0. The summed E-state index contributed by atoms with van der Waals surface area (Å²) in [4.78, 5) is 16.7. The van der Waals surface area contributed by atoms with E-state index in [0.717, 1.165) is 25.1 Å². The van der Waals surface area contributed by atoms with Gasteiger partial charge in [-0.25, -0.2) is 0 Å². The third kappa shape index (κ3) is 6.70. The third-order valence-electron chi connectivity index (χ3n) is 4.98. The predicted octanol–water partition coefficient (Wildman–Crippen LogP) is 4.92. The highest BCUT2D eigenvalue weighted by atomic mass is 19.4. The monoisotopic (exact) mass is 474 g/mol. The molecule has 2 rings (SSSR count). The van der Waals surface area contributed by atoms with Crippen LogP contribution in [-0.4, -0.2) is 17.1 Å². The number of hydrogen-bond donors (Lipinski definition) is 3. The molecule has 0 fully saturated rings. The van der Waals surface area contributed by atoms with Gasteiger partial charge in [-0.3, -0.25) is 9.78 Å². The fraction of sp³-hybridized carbons (Fsp3) is 0.364. The van der Waals surface area contributed by atoms with Gasteiger partial charge >= 0.3 is 12.4 Å². The number of rotatable bonds is 7. The molecule has 0 aliphatic rings. The molecule has 2 atom stereocenters. The van der Waals surface area contributed by atoms with Crippen LogP contribution >= 0.6 is 0 Å². The molecule has 0 saturated carbocycles. The highest BCUT2D eigenvalue weighted by Gasteiger charge is 2.38. The molecule has 0 aliphatic heterocycles. The summed E-state index contributed by atoms with van der Waals surface area (Å²) in [5, 5.41) is 4.62. The van der Waals surface area contributed by atoms with E-state index in [9.17, 15) is 31.1 Å². The van der Waals surface area contributed by atoms with E-state index in [1.165, 1.54) is 26.1 Å². The van der Waals surface area contributed by atoms with Gasteiger partial charge in [-0.2, -0.15) is 26.3 Å². The van der Waals surface area contributed by atoms with Crippen LogP contribution in [0.1, 0.15) is 55.2 Å². The summed E-state index contributed by atoms with van der Waals surface area (Å²) in [6.45, 7) is 3.88. The summed E-state index contributed by atoms with van der Waals surface area (Å²) < 4.78 is 80.1. The van der Waals surface area contributed by atoms with Crippen molar-refractivity contribution in [1.29, 1.82) is 0 Å². The maximum absolute atomic E-state index is 13.8. The molecule has 4 N–H and O–H groups in total. The van der Waals surface area contributed by atoms with Crippen LogP contribution in [0.2, 0.25) is 0 Å². The van der Waals surface area contributed by atoms with Crippen LogP contribution in [0.25, 0.3) is 0 Å². The van der Waals surface area contributed by atoms with Crippen molar-refractivity contribution in [3.05, 3.63) is 76.2 Å². The molecule has 180 valence electrons. The van der Waals surface area contributed by atoms with Crippen LogP contribution in [0.5, 0.6) is 0 Å². The second kappa shape index (κ2) is 10.2. The van der Waals surface area contributed by atoms with Crippen molar-refractivity contribution >= 4 is 5.91 Å². The maximum atomic E-state index is 13.8. The fourth-order valence-corrected chi connectivity index (χ4v) is 3.19. The number of carbonyl (C=O) groups is 1. The van der Waals surface area contributed by atoms with Crippen molar-refractivity contribution in [1.82, 2.24) is 15.6 Å². The van der Waals surface area contributed by atoms with E-state index in [-0.39, 0.29) is 12.1 Å². The summed E-state index contributed by atoms with van der Waals surface area (Å²) >= 11 is 0. The largest absolute Gasteiger partial charge is 0.431 e. The average molecular weight is 474 g/mol. The molecule has 1 heterocycles. The lowest BCUT2D eigenvalue weighted by molar-refractivity contribution is -0.137. The van der Waals surface area contributed by atoms with E-state index in [0.29, 0.717) is 11.3 Å². The molecule has 1 aromatic heterocycles. The van der Waals surface area contributed by atoms with E-state index >= 15 is 0 Å². The molecule has 1 aromatic carbocycles. The van der Waals surface area contributed by atoms with Crippen molar-refractivity contribution in [3.63, 3.8) is 0 Å². The Morgan fingerprint density at radius 3 is 2.27 bits per heavy atom. The molecule has 33 heavy (non-hydrogen) atoms. The number of nitrogens with one attached hydrogen (secondary N) is 2. The van der Waals surface area contributed by atoms with Crippen LogP contribution in [0, 0.1) is 0 Å². The number of nitrogens with two attached hydrogens (primary N) is 1. The van der Waals surface area contributed by atoms with Crippen molar-refractivity contribution in [2.24, 2.45) is 5.73 Å². The number of aromatic nitrogens is 1. The Labute approximate surface area is 187 Å². The first-order valence-corrected chi connectivity index (χ1v) is 9.92.